The first-order valence-corrected chi connectivity index (χ1v) is 8.73. The first kappa shape index (κ1) is 15.6. The van der Waals surface area contributed by atoms with Gasteiger partial charge in [-0.1, -0.05) is 13.8 Å². The van der Waals surface area contributed by atoms with Crippen LogP contribution in [0.25, 0.3) is 0 Å². The third kappa shape index (κ3) is 3.39. The maximum atomic E-state index is 5.98. The van der Waals surface area contributed by atoms with Gasteiger partial charge in [0.2, 0.25) is 0 Å². The molecule has 0 unspecified atom stereocenters. The van der Waals surface area contributed by atoms with E-state index in [2.05, 4.69) is 29.1 Å². The Bertz CT molecular complexity index is 607. The molecule has 0 aromatic carbocycles. The van der Waals surface area contributed by atoms with Crippen molar-refractivity contribution in [2.45, 2.75) is 51.3 Å². The number of nitrogens with one attached hydrogen (secondary N) is 1. The van der Waals surface area contributed by atoms with Gasteiger partial charge in [-0.2, -0.15) is 0 Å². The van der Waals surface area contributed by atoms with Crippen molar-refractivity contribution >= 4 is 11.3 Å². The molecular formula is C16H24N4OS. The minimum atomic E-state index is 0.0262. The standard InChI is InChI=1S/C16H24N4OS/c1-11(2)13-9-19-14(22-13)10-18-12-5-4-8-21-15(12)16-17-6-7-20(16)3/h6-7,9,11-12,15,18H,4-5,8,10H2,1-3H3/t12-,15-/m0/s1. The van der Waals surface area contributed by atoms with Crippen LogP contribution in [0.2, 0.25) is 0 Å². The molecule has 0 amide bonds. The molecule has 2 atom stereocenters. The number of nitrogens with zero attached hydrogens (tertiary/aromatic N) is 3. The van der Waals surface area contributed by atoms with E-state index in [1.807, 2.05) is 30.2 Å². The number of hydrogen-bond donors (Lipinski definition) is 1. The molecule has 0 aliphatic carbocycles. The zero-order chi connectivity index (χ0) is 15.5. The summed E-state index contributed by atoms with van der Waals surface area (Å²) in [5, 5.41) is 4.77. The summed E-state index contributed by atoms with van der Waals surface area (Å²) in [5.41, 5.74) is 0. The van der Waals surface area contributed by atoms with Crippen LogP contribution in [-0.2, 0) is 18.3 Å². The predicted octanol–water partition coefficient (Wildman–Crippen LogP) is 3.01. The fourth-order valence-electron chi connectivity index (χ4n) is 2.79. The second-order valence-corrected chi connectivity index (χ2v) is 7.28. The topological polar surface area (TPSA) is 52.0 Å². The highest BCUT2D eigenvalue weighted by Gasteiger charge is 2.30. The second-order valence-electron chi connectivity index (χ2n) is 6.13. The van der Waals surface area contributed by atoms with Gasteiger partial charge in [0.25, 0.3) is 0 Å². The van der Waals surface area contributed by atoms with Gasteiger partial charge in [0.15, 0.2) is 0 Å². The van der Waals surface area contributed by atoms with Crippen molar-refractivity contribution in [3.05, 3.63) is 34.3 Å². The van der Waals surface area contributed by atoms with Crippen LogP contribution in [0.4, 0.5) is 0 Å². The smallest absolute Gasteiger partial charge is 0.139 e. The van der Waals surface area contributed by atoms with Crippen molar-refractivity contribution in [1.82, 2.24) is 19.9 Å². The molecule has 5 nitrogen and oxygen atoms in total. The van der Waals surface area contributed by atoms with Crippen LogP contribution in [-0.4, -0.2) is 27.2 Å². The van der Waals surface area contributed by atoms with Crippen LogP contribution in [0.15, 0.2) is 18.6 Å². The van der Waals surface area contributed by atoms with Crippen LogP contribution in [0, 0.1) is 0 Å². The lowest BCUT2D eigenvalue weighted by atomic mass is 10.0. The van der Waals surface area contributed by atoms with Crippen molar-refractivity contribution in [1.29, 1.82) is 0 Å². The van der Waals surface area contributed by atoms with Gasteiger partial charge in [0.05, 0.1) is 0 Å². The normalized spacial score (nSPS) is 22.4. The number of aryl methyl sites for hydroxylation is 1. The summed E-state index contributed by atoms with van der Waals surface area (Å²) in [5.74, 6) is 1.55. The summed E-state index contributed by atoms with van der Waals surface area (Å²) >= 11 is 1.80. The van der Waals surface area contributed by atoms with Gasteiger partial charge in [-0.25, -0.2) is 9.97 Å². The Kier molecular flexibility index (Phi) is 4.90. The highest BCUT2D eigenvalue weighted by atomic mass is 32.1. The molecule has 0 radical (unpaired) electrons. The fourth-order valence-corrected chi connectivity index (χ4v) is 3.66. The van der Waals surface area contributed by atoms with Crippen LogP contribution < -0.4 is 5.32 Å². The number of thiazole rings is 1. The van der Waals surface area contributed by atoms with E-state index in [1.165, 1.54) is 4.88 Å². The Labute approximate surface area is 135 Å². The average molecular weight is 320 g/mol. The van der Waals surface area contributed by atoms with E-state index in [0.29, 0.717) is 12.0 Å². The molecule has 2 aromatic rings. The van der Waals surface area contributed by atoms with E-state index in [1.54, 1.807) is 11.3 Å². The lowest BCUT2D eigenvalue weighted by molar-refractivity contribution is -0.0178. The third-order valence-corrected chi connectivity index (χ3v) is 5.39. The van der Waals surface area contributed by atoms with Crippen LogP contribution in [0.3, 0.4) is 0 Å². The highest BCUT2D eigenvalue weighted by molar-refractivity contribution is 7.11. The number of hydrogen-bond acceptors (Lipinski definition) is 5. The first-order valence-electron chi connectivity index (χ1n) is 7.92. The molecule has 1 aliphatic rings. The van der Waals surface area contributed by atoms with E-state index < -0.39 is 0 Å². The van der Waals surface area contributed by atoms with E-state index in [0.717, 1.165) is 36.8 Å². The van der Waals surface area contributed by atoms with Crippen molar-refractivity contribution in [2.75, 3.05) is 6.61 Å². The largest absolute Gasteiger partial charge is 0.369 e. The minimum Gasteiger partial charge on any atom is -0.369 e. The zero-order valence-corrected chi connectivity index (χ0v) is 14.3. The summed E-state index contributed by atoms with van der Waals surface area (Å²) in [6.45, 7) is 6.02. The van der Waals surface area contributed by atoms with Crippen LogP contribution in [0.1, 0.15) is 54.4 Å². The maximum absolute atomic E-state index is 5.98. The Balaban J connectivity index is 1.65. The summed E-state index contributed by atoms with van der Waals surface area (Å²) < 4.78 is 8.03. The molecule has 3 rings (SSSR count). The number of imidazole rings is 1. The van der Waals surface area contributed by atoms with E-state index in [-0.39, 0.29) is 6.10 Å². The van der Waals surface area contributed by atoms with Gasteiger partial charge in [0, 0.05) is 49.7 Å². The molecule has 120 valence electrons. The molecule has 3 heterocycles. The lowest BCUT2D eigenvalue weighted by Gasteiger charge is -2.31. The molecule has 6 heteroatoms. The van der Waals surface area contributed by atoms with Gasteiger partial charge in [-0.3, -0.25) is 0 Å². The van der Waals surface area contributed by atoms with E-state index in [4.69, 9.17) is 4.74 Å². The third-order valence-electron chi connectivity index (χ3n) is 4.09. The van der Waals surface area contributed by atoms with Crippen LogP contribution in [0.5, 0.6) is 0 Å². The summed E-state index contributed by atoms with van der Waals surface area (Å²) in [6, 6.07) is 0.293. The fraction of sp³-hybridized carbons (Fsp3) is 0.625. The molecule has 1 fully saturated rings. The lowest BCUT2D eigenvalue weighted by Crippen LogP contribution is -2.40. The van der Waals surface area contributed by atoms with E-state index in [9.17, 15) is 0 Å². The molecule has 0 bridgehead atoms. The van der Waals surface area contributed by atoms with Gasteiger partial charge in [-0.05, 0) is 18.8 Å². The SMILES string of the molecule is CC(C)c1cnc(CN[C@H]2CCCO[C@@H]2c2nccn2C)s1. The Morgan fingerprint density at radius 3 is 3.00 bits per heavy atom. The van der Waals surface area contributed by atoms with Gasteiger partial charge >= 0.3 is 0 Å². The van der Waals surface area contributed by atoms with Gasteiger partial charge in [0.1, 0.15) is 16.9 Å². The summed E-state index contributed by atoms with van der Waals surface area (Å²) in [6.07, 6.45) is 8.03. The number of rotatable bonds is 5. The van der Waals surface area contributed by atoms with Crippen molar-refractivity contribution in [2.24, 2.45) is 7.05 Å². The van der Waals surface area contributed by atoms with Crippen molar-refractivity contribution < 1.29 is 4.74 Å². The molecule has 1 aliphatic heterocycles. The van der Waals surface area contributed by atoms with Crippen LogP contribution >= 0.6 is 11.3 Å². The Morgan fingerprint density at radius 2 is 2.32 bits per heavy atom. The average Bonchev–Trinajstić information content (AvgIpc) is 3.14. The summed E-state index contributed by atoms with van der Waals surface area (Å²) in [7, 11) is 2.02. The zero-order valence-electron chi connectivity index (χ0n) is 13.5. The summed E-state index contributed by atoms with van der Waals surface area (Å²) in [4.78, 5) is 10.3. The molecule has 0 spiro atoms. The predicted molar refractivity (Wildman–Crippen MR) is 88.0 cm³/mol. The van der Waals surface area contributed by atoms with Crippen molar-refractivity contribution in [3.63, 3.8) is 0 Å². The quantitative estimate of drug-likeness (QED) is 0.920. The molecule has 1 N–H and O–H groups in total. The molecule has 2 aromatic heterocycles. The molecule has 0 saturated carbocycles. The number of aromatic nitrogens is 3. The molecular weight excluding hydrogens is 296 g/mol. The first-order chi connectivity index (χ1) is 10.6. The Morgan fingerprint density at radius 1 is 1.45 bits per heavy atom. The van der Waals surface area contributed by atoms with Crippen molar-refractivity contribution in [3.8, 4) is 0 Å². The number of ether oxygens (including phenoxy) is 1. The Hall–Kier alpha value is -1.24. The maximum Gasteiger partial charge on any atom is 0.139 e. The molecule has 22 heavy (non-hydrogen) atoms. The highest BCUT2D eigenvalue weighted by Crippen LogP contribution is 2.28. The monoisotopic (exact) mass is 320 g/mol. The van der Waals surface area contributed by atoms with Gasteiger partial charge < -0.3 is 14.6 Å². The minimum absolute atomic E-state index is 0.0262. The second kappa shape index (κ2) is 6.89. The van der Waals surface area contributed by atoms with E-state index >= 15 is 0 Å². The molecule has 1 saturated heterocycles. The van der Waals surface area contributed by atoms with Gasteiger partial charge in [-0.15, -0.1) is 11.3 Å².